The van der Waals surface area contributed by atoms with Crippen molar-refractivity contribution in [3.05, 3.63) is 23.3 Å². The molecule has 18 heavy (non-hydrogen) atoms. The highest BCUT2D eigenvalue weighted by Gasteiger charge is 2.16. The lowest BCUT2D eigenvalue weighted by molar-refractivity contribution is 0.374. The Morgan fingerprint density at radius 1 is 1.17 bits per heavy atom. The predicted molar refractivity (Wildman–Crippen MR) is 73.6 cm³/mol. The standard InChI is InChI=1S/C15H23NO2/c1-11-8-12(9-13-6-4-5-7-16-13)15(18-3)10-14(11)17-2/h8,10,13,16H,4-7,9H2,1-3H3. The number of nitrogens with one attached hydrogen (secondary N) is 1. The van der Waals surface area contributed by atoms with Gasteiger partial charge in [-0.25, -0.2) is 0 Å². The van der Waals surface area contributed by atoms with Crippen LogP contribution in [-0.4, -0.2) is 26.8 Å². The van der Waals surface area contributed by atoms with Crippen LogP contribution in [0.25, 0.3) is 0 Å². The molecule has 0 spiro atoms. The molecule has 1 heterocycles. The van der Waals surface area contributed by atoms with Crippen LogP contribution in [0.3, 0.4) is 0 Å². The van der Waals surface area contributed by atoms with Crippen LogP contribution in [-0.2, 0) is 6.42 Å². The van der Waals surface area contributed by atoms with E-state index in [0.29, 0.717) is 6.04 Å². The summed E-state index contributed by atoms with van der Waals surface area (Å²) in [5.41, 5.74) is 2.44. The summed E-state index contributed by atoms with van der Waals surface area (Å²) in [6, 6.07) is 4.77. The van der Waals surface area contributed by atoms with Gasteiger partial charge in [0.15, 0.2) is 0 Å². The van der Waals surface area contributed by atoms with E-state index in [9.17, 15) is 0 Å². The molecule has 1 aliphatic heterocycles. The number of hydrogen-bond donors (Lipinski definition) is 1. The highest BCUT2D eigenvalue weighted by molar-refractivity contribution is 5.46. The summed E-state index contributed by atoms with van der Waals surface area (Å²) in [5.74, 6) is 1.83. The second kappa shape index (κ2) is 6.10. The van der Waals surface area contributed by atoms with Crippen molar-refractivity contribution >= 4 is 0 Å². The molecule has 1 aromatic carbocycles. The Morgan fingerprint density at radius 2 is 1.94 bits per heavy atom. The van der Waals surface area contributed by atoms with Crippen molar-refractivity contribution in [1.29, 1.82) is 0 Å². The van der Waals surface area contributed by atoms with Crippen molar-refractivity contribution in [2.75, 3.05) is 20.8 Å². The van der Waals surface area contributed by atoms with E-state index in [4.69, 9.17) is 9.47 Å². The van der Waals surface area contributed by atoms with Gasteiger partial charge in [0.05, 0.1) is 14.2 Å². The number of hydrogen-bond acceptors (Lipinski definition) is 3. The van der Waals surface area contributed by atoms with Crippen molar-refractivity contribution in [3.63, 3.8) is 0 Å². The van der Waals surface area contributed by atoms with Crippen LogP contribution >= 0.6 is 0 Å². The molecule has 1 unspecified atom stereocenters. The zero-order valence-corrected chi connectivity index (χ0v) is 11.6. The third-order valence-corrected chi connectivity index (χ3v) is 3.68. The summed E-state index contributed by atoms with van der Waals surface area (Å²) in [4.78, 5) is 0. The second-order valence-electron chi connectivity index (χ2n) is 4.98. The molecule has 0 amide bonds. The number of ether oxygens (including phenoxy) is 2. The molecule has 3 heteroatoms. The Kier molecular flexibility index (Phi) is 4.48. The molecule has 3 nitrogen and oxygen atoms in total. The summed E-state index contributed by atoms with van der Waals surface area (Å²) in [6.07, 6.45) is 4.92. The predicted octanol–water partition coefficient (Wildman–Crippen LogP) is 2.70. The van der Waals surface area contributed by atoms with Crippen molar-refractivity contribution in [2.24, 2.45) is 0 Å². The molecule has 1 aliphatic rings. The minimum atomic E-state index is 0.584. The van der Waals surface area contributed by atoms with Gasteiger partial charge in [0.25, 0.3) is 0 Å². The van der Waals surface area contributed by atoms with Crippen molar-refractivity contribution < 1.29 is 9.47 Å². The molecule has 2 rings (SSSR count). The lowest BCUT2D eigenvalue weighted by Gasteiger charge is -2.24. The SMILES string of the molecule is COc1cc(OC)c(CC2CCCCN2)cc1C. The summed E-state index contributed by atoms with van der Waals surface area (Å²) < 4.78 is 10.8. The van der Waals surface area contributed by atoms with Gasteiger partial charge in [-0.15, -0.1) is 0 Å². The fourth-order valence-corrected chi connectivity index (χ4v) is 2.66. The summed E-state index contributed by atoms with van der Waals surface area (Å²) in [5, 5.41) is 3.58. The maximum absolute atomic E-state index is 5.48. The number of rotatable bonds is 4. The van der Waals surface area contributed by atoms with Crippen LogP contribution in [0.2, 0.25) is 0 Å². The third-order valence-electron chi connectivity index (χ3n) is 3.68. The Morgan fingerprint density at radius 3 is 2.56 bits per heavy atom. The first-order valence-electron chi connectivity index (χ1n) is 6.69. The lowest BCUT2D eigenvalue weighted by atomic mass is 9.96. The third kappa shape index (κ3) is 2.96. The summed E-state index contributed by atoms with van der Waals surface area (Å²) in [7, 11) is 3.42. The van der Waals surface area contributed by atoms with Crippen molar-refractivity contribution in [3.8, 4) is 11.5 Å². The van der Waals surface area contributed by atoms with Gasteiger partial charge < -0.3 is 14.8 Å². The smallest absolute Gasteiger partial charge is 0.125 e. The van der Waals surface area contributed by atoms with Crippen LogP contribution in [0, 0.1) is 6.92 Å². The molecule has 0 saturated carbocycles. The van der Waals surface area contributed by atoms with Gasteiger partial charge >= 0.3 is 0 Å². The normalized spacial score (nSPS) is 19.6. The minimum Gasteiger partial charge on any atom is -0.496 e. The minimum absolute atomic E-state index is 0.584. The topological polar surface area (TPSA) is 30.5 Å². The van der Waals surface area contributed by atoms with Crippen LogP contribution in [0.15, 0.2) is 12.1 Å². The van der Waals surface area contributed by atoms with E-state index < -0.39 is 0 Å². The van der Waals surface area contributed by atoms with Crippen LogP contribution in [0.5, 0.6) is 11.5 Å². The van der Waals surface area contributed by atoms with Gasteiger partial charge in [0.1, 0.15) is 11.5 Å². The number of aryl methyl sites for hydroxylation is 1. The summed E-state index contributed by atoms with van der Waals surface area (Å²) in [6.45, 7) is 3.22. The van der Waals surface area contributed by atoms with Crippen LogP contribution in [0.1, 0.15) is 30.4 Å². The Labute approximate surface area is 109 Å². The number of piperidine rings is 1. The van der Waals surface area contributed by atoms with Gasteiger partial charge in [0, 0.05) is 12.1 Å². The van der Waals surface area contributed by atoms with Gasteiger partial charge in [0.2, 0.25) is 0 Å². The molecule has 0 radical (unpaired) electrons. The fourth-order valence-electron chi connectivity index (χ4n) is 2.66. The Bertz CT molecular complexity index is 398. The van der Waals surface area contributed by atoms with Gasteiger partial charge in [-0.05, 0) is 49.9 Å². The zero-order chi connectivity index (χ0) is 13.0. The van der Waals surface area contributed by atoms with E-state index >= 15 is 0 Å². The maximum atomic E-state index is 5.48. The highest BCUT2D eigenvalue weighted by atomic mass is 16.5. The quantitative estimate of drug-likeness (QED) is 0.890. The second-order valence-corrected chi connectivity index (χ2v) is 4.98. The largest absolute Gasteiger partial charge is 0.496 e. The average molecular weight is 249 g/mol. The number of benzene rings is 1. The first-order chi connectivity index (χ1) is 8.74. The van der Waals surface area contributed by atoms with Crippen LogP contribution < -0.4 is 14.8 Å². The van der Waals surface area contributed by atoms with Crippen molar-refractivity contribution in [2.45, 2.75) is 38.6 Å². The molecular formula is C15H23NO2. The molecule has 1 aromatic rings. The van der Waals surface area contributed by atoms with E-state index in [2.05, 4.69) is 18.3 Å². The molecule has 0 aromatic heterocycles. The number of methoxy groups -OCH3 is 2. The molecule has 1 atom stereocenters. The van der Waals surface area contributed by atoms with E-state index in [1.54, 1.807) is 14.2 Å². The van der Waals surface area contributed by atoms with E-state index in [1.165, 1.54) is 30.4 Å². The van der Waals surface area contributed by atoms with E-state index in [0.717, 1.165) is 24.5 Å². The molecule has 1 saturated heterocycles. The molecule has 0 aliphatic carbocycles. The molecule has 0 bridgehead atoms. The van der Waals surface area contributed by atoms with E-state index in [-0.39, 0.29) is 0 Å². The van der Waals surface area contributed by atoms with Gasteiger partial charge in [-0.1, -0.05) is 6.42 Å². The maximum Gasteiger partial charge on any atom is 0.125 e. The van der Waals surface area contributed by atoms with Crippen LogP contribution in [0.4, 0.5) is 0 Å². The van der Waals surface area contributed by atoms with E-state index in [1.807, 2.05) is 6.07 Å². The fraction of sp³-hybridized carbons (Fsp3) is 0.600. The molecule has 1 N–H and O–H groups in total. The molecule has 1 fully saturated rings. The Hall–Kier alpha value is -1.22. The zero-order valence-electron chi connectivity index (χ0n) is 11.6. The first kappa shape index (κ1) is 13.2. The Balaban J connectivity index is 2.17. The molecular weight excluding hydrogens is 226 g/mol. The van der Waals surface area contributed by atoms with Gasteiger partial charge in [-0.3, -0.25) is 0 Å². The monoisotopic (exact) mass is 249 g/mol. The highest BCUT2D eigenvalue weighted by Crippen LogP contribution is 2.30. The average Bonchev–Trinajstić information content (AvgIpc) is 2.40. The van der Waals surface area contributed by atoms with Gasteiger partial charge in [-0.2, -0.15) is 0 Å². The first-order valence-corrected chi connectivity index (χ1v) is 6.69. The lowest BCUT2D eigenvalue weighted by Crippen LogP contribution is -2.35. The molecule has 100 valence electrons. The van der Waals surface area contributed by atoms with Crippen molar-refractivity contribution in [1.82, 2.24) is 5.32 Å². The summed E-state index contributed by atoms with van der Waals surface area (Å²) >= 11 is 0.